The van der Waals surface area contributed by atoms with Gasteiger partial charge in [-0.3, -0.25) is 4.79 Å². The molecule has 2 N–H and O–H groups in total. The summed E-state index contributed by atoms with van der Waals surface area (Å²) in [5.74, 6) is 0.0522. The highest BCUT2D eigenvalue weighted by Crippen LogP contribution is 2.35. The molecule has 25 heavy (non-hydrogen) atoms. The molecule has 0 saturated heterocycles. The molecule has 0 bridgehead atoms. The summed E-state index contributed by atoms with van der Waals surface area (Å²) in [5, 5.41) is 3.55. The molecule has 3 aromatic rings. The van der Waals surface area contributed by atoms with E-state index in [2.05, 4.69) is 15.3 Å². The third-order valence-electron chi connectivity index (χ3n) is 4.13. The highest BCUT2D eigenvalue weighted by molar-refractivity contribution is 8.00. The maximum Gasteiger partial charge on any atom is 0.238 e. The van der Waals surface area contributed by atoms with Crippen LogP contribution in [-0.2, 0) is 4.79 Å². The second-order valence-electron chi connectivity index (χ2n) is 6.16. The number of aromatic nitrogens is 2. The van der Waals surface area contributed by atoms with Crippen LogP contribution < -0.4 is 5.32 Å². The molecule has 1 heterocycles. The number of carbonyl (C=O) groups excluding carboxylic acids is 1. The van der Waals surface area contributed by atoms with Crippen LogP contribution in [0.4, 0.5) is 0 Å². The molecule has 4 rings (SSSR count). The molecule has 0 spiro atoms. The number of H-pyrrole nitrogens is 1. The summed E-state index contributed by atoms with van der Waals surface area (Å²) in [7, 11) is 0. The van der Waals surface area contributed by atoms with Crippen LogP contribution >= 0.6 is 11.8 Å². The highest BCUT2D eigenvalue weighted by atomic mass is 32.2. The fourth-order valence-corrected chi connectivity index (χ4v) is 3.62. The van der Waals surface area contributed by atoms with E-state index in [1.165, 1.54) is 11.8 Å². The van der Waals surface area contributed by atoms with Crippen LogP contribution in [-0.4, -0.2) is 21.9 Å². The summed E-state index contributed by atoms with van der Waals surface area (Å²) in [5.41, 5.74) is 3.03. The molecule has 126 valence electrons. The van der Waals surface area contributed by atoms with Crippen LogP contribution in [0.3, 0.4) is 0 Å². The van der Waals surface area contributed by atoms with Gasteiger partial charge in [-0.15, -0.1) is 0 Å². The molecule has 1 saturated carbocycles. The zero-order valence-electron chi connectivity index (χ0n) is 13.7. The molecule has 1 atom stereocenters. The van der Waals surface area contributed by atoms with Crippen LogP contribution in [0.15, 0.2) is 72.0 Å². The van der Waals surface area contributed by atoms with E-state index in [0.717, 1.165) is 34.8 Å². The molecule has 1 aliphatic carbocycles. The van der Waals surface area contributed by atoms with E-state index in [1.54, 1.807) is 0 Å². The number of rotatable bonds is 6. The lowest BCUT2D eigenvalue weighted by Crippen LogP contribution is -2.29. The molecular weight excluding hydrogens is 330 g/mol. The van der Waals surface area contributed by atoms with Gasteiger partial charge >= 0.3 is 0 Å². The minimum atomic E-state index is -0.309. The second-order valence-corrected chi connectivity index (χ2v) is 7.25. The normalized spacial score (nSPS) is 14.9. The van der Waals surface area contributed by atoms with Crippen LogP contribution in [0.25, 0.3) is 11.3 Å². The van der Waals surface area contributed by atoms with Crippen molar-refractivity contribution in [1.82, 2.24) is 15.3 Å². The van der Waals surface area contributed by atoms with Gasteiger partial charge in [-0.25, -0.2) is 4.98 Å². The summed E-state index contributed by atoms with van der Waals surface area (Å²) < 4.78 is 0. The number of nitrogens with zero attached hydrogens (tertiary/aromatic N) is 1. The third-order valence-corrected chi connectivity index (χ3v) is 5.28. The van der Waals surface area contributed by atoms with Gasteiger partial charge in [0.1, 0.15) is 5.25 Å². The average Bonchev–Trinajstić information content (AvgIpc) is 3.35. The van der Waals surface area contributed by atoms with Gasteiger partial charge in [-0.1, -0.05) is 72.4 Å². The molecule has 0 unspecified atom stereocenters. The SMILES string of the molecule is O=C(NC1CC1)[C@H](Sc1ncc(-c2ccccc2)[nH]1)c1ccccc1. The lowest BCUT2D eigenvalue weighted by Gasteiger charge is -2.15. The molecule has 1 amide bonds. The number of thioether (sulfide) groups is 1. The lowest BCUT2D eigenvalue weighted by molar-refractivity contribution is -0.120. The maximum absolute atomic E-state index is 12.7. The van der Waals surface area contributed by atoms with Gasteiger partial charge in [0.25, 0.3) is 0 Å². The van der Waals surface area contributed by atoms with Crippen LogP contribution in [0.5, 0.6) is 0 Å². The molecule has 2 aromatic carbocycles. The maximum atomic E-state index is 12.7. The van der Waals surface area contributed by atoms with E-state index in [9.17, 15) is 4.79 Å². The predicted octanol–water partition coefficient (Wildman–Crippen LogP) is 4.19. The van der Waals surface area contributed by atoms with Gasteiger partial charge in [0, 0.05) is 6.04 Å². The molecular formula is C20H19N3OS. The fraction of sp³-hybridized carbons (Fsp3) is 0.200. The van der Waals surface area contributed by atoms with Gasteiger partial charge < -0.3 is 10.3 Å². The van der Waals surface area contributed by atoms with Crippen LogP contribution in [0, 0.1) is 0 Å². The van der Waals surface area contributed by atoms with Gasteiger partial charge in [-0.05, 0) is 24.0 Å². The van der Waals surface area contributed by atoms with E-state index >= 15 is 0 Å². The van der Waals surface area contributed by atoms with Crippen molar-refractivity contribution >= 4 is 17.7 Å². The second kappa shape index (κ2) is 7.15. The van der Waals surface area contributed by atoms with Gasteiger partial charge in [0.15, 0.2) is 5.16 Å². The Kier molecular flexibility index (Phi) is 4.57. The van der Waals surface area contributed by atoms with Crippen molar-refractivity contribution in [1.29, 1.82) is 0 Å². The molecule has 0 radical (unpaired) electrons. The average molecular weight is 349 g/mol. The number of amides is 1. The Morgan fingerprint density at radius 1 is 1.08 bits per heavy atom. The number of nitrogens with one attached hydrogen (secondary N) is 2. The zero-order chi connectivity index (χ0) is 17.1. The summed E-state index contributed by atoms with van der Waals surface area (Å²) >= 11 is 1.46. The number of imidazole rings is 1. The molecule has 1 aliphatic rings. The first-order valence-electron chi connectivity index (χ1n) is 8.42. The predicted molar refractivity (Wildman–Crippen MR) is 100 cm³/mol. The topological polar surface area (TPSA) is 57.8 Å². The number of aromatic amines is 1. The van der Waals surface area contributed by atoms with Crippen molar-refractivity contribution in [2.24, 2.45) is 0 Å². The Morgan fingerprint density at radius 2 is 1.76 bits per heavy atom. The molecule has 5 heteroatoms. The van der Waals surface area contributed by atoms with Crippen LogP contribution in [0.1, 0.15) is 23.7 Å². The van der Waals surface area contributed by atoms with Gasteiger partial charge in [0.2, 0.25) is 5.91 Å². The first-order chi connectivity index (χ1) is 12.3. The quantitative estimate of drug-likeness (QED) is 0.656. The van der Waals surface area contributed by atoms with Crippen molar-refractivity contribution in [3.63, 3.8) is 0 Å². The summed E-state index contributed by atoms with van der Waals surface area (Å²) in [4.78, 5) is 20.5. The van der Waals surface area contributed by atoms with E-state index < -0.39 is 0 Å². The Morgan fingerprint density at radius 3 is 2.44 bits per heavy atom. The Bertz CT molecular complexity index is 844. The van der Waals surface area contributed by atoms with E-state index in [1.807, 2.05) is 66.9 Å². The van der Waals surface area contributed by atoms with E-state index in [0.29, 0.717) is 6.04 Å². The number of carbonyl (C=O) groups is 1. The first-order valence-corrected chi connectivity index (χ1v) is 9.30. The van der Waals surface area contributed by atoms with Crippen molar-refractivity contribution < 1.29 is 4.79 Å². The monoisotopic (exact) mass is 349 g/mol. The van der Waals surface area contributed by atoms with Gasteiger partial charge in [0.05, 0.1) is 11.9 Å². The summed E-state index contributed by atoms with van der Waals surface area (Å²) in [6.45, 7) is 0. The van der Waals surface area contributed by atoms with E-state index in [4.69, 9.17) is 0 Å². The number of hydrogen-bond donors (Lipinski definition) is 2. The first kappa shape index (κ1) is 16.0. The fourth-order valence-electron chi connectivity index (χ4n) is 2.64. The van der Waals surface area contributed by atoms with Crippen molar-refractivity contribution in [3.05, 3.63) is 72.4 Å². The molecule has 0 aliphatic heterocycles. The Hall–Kier alpha value is -2.53. The molecule has 1 aromatic heterocycles. The largest absolute Gasteiger partial charge is 0.352 e. The Balaban J connectivity index is 1.56. The van der Waals surface area contributed by atoms with Crippen molar-refractivity contribution in [2.75, 3.05) is 0 Å². The lowest BCUT2D eigenvalue weighted by atomic mass is 10.1. The van der Waals surface area contributed by atoms with Gasteiger partial charge in [-0.2, -0.15) is 0 Å². The summed E-state index contributed by atoms with van der Waals surface area (Å²) in [6.07, 6.45) is 3.98. The van der Waals surface area contributed by atoms with E-state index in [-0.39, 0.29) is 11.2 Å². The third kappa shape index (κ3) is 3.94. The van der Waals surface area contributed by atoms with Crippen molar-refractivity contribution in [3.8, 4) is 11.3 Å². The summed E-state index contributed by atoms with van der Waals surface area (Å²) in [6, 6.07) is 20.3. The Labute approximate surface area is 151 Å². The number of hydrogen-bond acceptors (Lipinski definition) is 3. The standard InChI is InChI=1S/C20H19N3OS/c24-19(22-16-11-12-16)18(15-9-5-2-6-10-15)25-20-21-13-17(23-20)14-7-3-1-4-8-14/h1-10,13,16,18H,11-12H2,(H,21,23)(H,22,24)/t18-/m1/s1. The zero-order valence-corrected chi connectivity index (χ0v) is 14.5. The van der Waals surface area contributed by atoms with Crippen LogP contribution in [0.2, 0.25) is 0 Å². The van der Waals surface area contributed by atoms with Crippen molar-refractivity contribution in [2.45, 2.75) is 29.3 Å². The molecule has 4 nitrogen and oxygen atoms in total. The minimum absolute atomic E-state index is 0.0522. The number of benzene rings is 2. The highest BCUT2D eigenvalue weighted by Gasteiger charge is 2.29. The smallest absolute Gasteiger partial charge is 0.238 e. The molecule has 1 fully saturated rings. The minimum Gasteiger partial charge on any atom is -0.352 e.